The van der Waals surface area contributed by atoms with E-state index in [4.69, 9.17) is 9.15 Å². The molecule has 0 fully saturated rings. The maximum Gasteiger partial charge on any atom is 0.291 e. The van der Waals surface area contributed by atoms with Crippen LogP contribution in [0.25, 0.3) is 0 Å². The number of carbonyl (C=O) groups is 2. The molecule has 3 aromatic rings. The fourth-order valence-electron chi connectivity index (χ4n) is 3.84. The summed E-state index contributed by atoms with van der Waals surface area (Å²) in [6.45, 7) is 2.85. The molecule has 1 aliphatic heterocycles. The SMILES string of the molecule is COc1ccccc1CCC(=O)Nc1ccc2c(c1)CN(C(=O)c1ocnc1C)CC2. The van der Waals surface area contributed by atoms with Crippen LogP contribution >= 0.6 is 0 Å². The van der Waals surface area contributed by atoms with E-state index in [9.17, 15) is 9.59 Å². The highest BCUT2D eigenvalue weighted by Crippen LogP contribution is 2.25. The molecule has 1 N–H and O–H groups in total. The van der Waals surface area contributed by atoms with Crippen LogP contribution in [0.4, 0.5) is 5.69 Å². The molecule has 0 bridgehead atoms. The number of rotatable bonds is 6. The number of fused-ring (bicyclic) bond motifs is 1. The van der Waals surface area contributed by atoms with Crippen molar-refractivity contribution in [2.75, 3.05) is 19.0 Å². The number of hydrogen-bond donors (Lipinski definition) is 1. The summed E-state index contributed by atoms with van der Waals surface area (Å²) < 4.78 is 10.6. The number of aryl methyl sites for hydroxylation is 2. The van der Waals surface area contributed by atoms with Crippen LogP contribution in [0.1, 0.15) is 39.4 Å². The molecule has 31 heavy (non-hydrogen) atoms. The zero-order valence-corrected chi connectivity index (χ0v) is 17.7. The van der Waals surface area contributed by atoms with Crippen molar-refractivity contribution in [1.82, 2.24) is 9.88 Å². The van der Waals surface area contributed by atoms with Crippen molar-refractivity contribution in [2.24, 2.45) is 0 Å². The summed E-state index contributed by atoms with van der Waals surface area (Å²) in [7, 11) is 1.63. The van der Waals surface area contributed by atoms with E-state index in [1.165, 1.54) is 12.0 Å². The maximum atomic E-state index is 12.7. The van der Waals surface area contributed by atoms with E-state index < -0.39 is 0 Å². The van der Waals surface area contributed by atoms with Crippen LogP contribution in [0.3, 0.4) is 0 Å². The van der Waals surface area contributed by atoms with Gasteiger partial charge >= 0.3 is 0 Å². The van der Waals surface area contributed by atoms with Gasteiger partial charge in [-0.3, -0.25) is 9.59 Å². The fourth-order valence-corrected chi connectivity index (χ4v) is 3.84. The van der Waals surface area contributed by atoms with E-state index in [0.29, 0.717) is 31.6 Å². The topological polar surface area (TPSA) is 84.7 Å². The molecule has 7 heteroatoms. The van der Waals surface area contributed by atoms with Crippen molar-refractivity contribution in [2.45, 2.75) is 32.7 Å². The predicted octanol–water partition coefficient (Wildman–Crippen LogP) is 3.76. The Bertz CT molecular complexity index is 1110. The number of benzene rings is 2. The van der Waals surface area contributed by atoms with E-state index in [2.05, 4.69) is 10.3 Å². The van der Waals surface area contributed by atoms with Crippen molar-refractivity contribution in [3.8, 4) is 5.75 Å². The highest BCUT2D eigenvalue weighted by Gasteiger charge is 2.25. The molecule has 7 nitrogen and oxygen atoms in total. The van der Waals surface area contributed by atoms with Gasteiger partial charge < -0.3 is 19.4 Å². The summed E-state index contributed by atoms with van der Waals surface area (Å²) >= 11 is 0. The van der Waals surface area contributed by atoms with Crippen molar-refractivity contribution in [3.05, 3.63) is 77.0 Å². The fraction of sp³-hybridized carbons (Fsp3) is 0.292. The van der Waals surface area contributed by atoms with E-state index in [1.54, 1.807) is 18.9 Å². The van der Waals surface area contributed by atoms with Gasteiger partial charge in [-0.2, -0.15) is 0 Å². The van der Waals surface area contributed by atoms with Crippen molar-refractivity contribution in [3.63, 3.8) is 0 Å². The van der Waals surface area contributed by atoms with Crippen LogP contribution in [0.2, 0.25) is 0 Å². The third-order valence-electron chi connectivity index (χ3n) is 5.54. The number of para-hydroxylation sites is 1. The first-order chi connectivity index (χ1) is 15.0. The monoisotopic (exact) mass is 419 g/mol. The number of aromatic nitrogens is 1. The Morgan fingerprint density at radius 2 is 2.03 bits per heavy atom. The maximum absolute atomic E-state index is 12.7. The zero-order chi connectivity index (χ0) is 21.8. The van der Waals surface area contributed by atoms with Crippen LogP contribution in [0.15, 0.2) is 53.3 Å². The first-order valence-electron chi connectivity index (χ1n) is 10.3. The molecular weight excluding hydrogens is 394 g/mol. The second-order valence-corrected chi connectivity index (χ2v) is 7.59. The Labute approximate surface area is 181 Å². The summed E-state index contributed by atoms with van der Waals surface area (Å²) in [5.41, 5.74) is 4.54. The lowest BCUT2D eigenvalue weighted by molar-refractivity contribution is -0.116. The molecular formula is C24H25N3O4. The number of methoxy groups -OCH3 is 1. The van der Waals surface area contributed by atoms with Gasteiger partial charge in [0, 0.05) is 25.2 Å². The predicted molar refractivity (Wildman–Crippen MR) is 116 cm³/mol. The normalized spacial score (nSPS) is 12.9. The number of nitrogens with one attached hydrogen (secondary N) is 1. The van der Waals surface area contributed by atoms with E-state index in [1.807, 2.05) is 42.5 Å². The number of nitrogens with zero attached hydrogens (tertiary/aromatic N) is 2. The first-order valence-corrected chi connectivity index (χ1v) is 10.3. The number of amides is 2. The van der Waals surface area contributed by atoms with Gasteiger partial charge in [0.25, 0.3) is 5.91 Å². The van der Waals surface area contributed by atoms with Gasteiger partial charge in [-0.25, -0.2) is 4.98 Å². The molecule has 0 unspecified atom stereocenters. The smallest absolute Gasteiger partial charge is 0.291 e. The molecule has 2 amide bonds. The second kappa shape index (κ2) is 9.04. The molecule has 0 saturated heterocycles. The Hall–Kier alpha value is -3.61. The van der Waals surface area contributed by atoms with Gasteiger partial charge in [0.1, 0.15) is 5.75 Å². The Kier molecular flexibility index (Phi) is 6.02. The highest BCUT2D eigenvalue weighted by atomic mass is 16.5. The quantitative estimate of drug-likeness (QED) is 0.658. The zero-order valence-electron chi connectivity index (χ0n) is 17.7. The van der Waals surface area contributed by atoms with Gasteiger partial charge in [-0.15, -0.1) is 0 Å². The van der Waals surface area contributed by atoms with Gasteiger partial charge in [0.2, 0.25) is 11.7 Å². The molecule has 0 spiro atoms. The summed E-state index contributed by atoms with van der Waals surface area (Å²) in [6.07, 6.45) is 3.00. The van der Waals surface area contributed by atoms with Gasteiger partial charge in [0.05, 0.1) is 12.8 Å². The second-order valence-electron chi connectivity index (χ2n) is 7.59. The molecule has 1 aromatic heterocycles. The molecule has 160 valence electrons. The number of hydrogen-bond acceptors (Lipinski definition) is 5. The Morgan fingerprint density at radius 3 is 2.81 bits per heavy atom. The third kappa shape index (κ3) is 4.60. The molecule has 2 heterocycles. The van der Waals surface area contributed by atoms with Crippen LogP contribution in [-0.4, -0.2) is 35.4 Å². The summed E-state index contributed by atoms with van der Waals surface area (Å²) in [4.78, 5) is 31.0. The summed E-state index contributed by atoms with van der Waals surface area (Å²) in [5, 5.41) is 2.97. The standard InChI is InChI=1S/C24H25N3O4/c1-16-23(31-15-25-16)24(29)27-12-11-17-7-9-20(13-19(17)14-27)26-22(28)10-8-18-5-3-4-6-21(18)30-2/h3-7,9,13,15H,8,10-12,14H2,1-2H3,(H,26,28). The minimum atomic E-state index is -0.160. The van der Waals surface area contributed by atoms with Gasteiger partial charge in [-0.1, -0.05) is 24.3 Å². The van der Waals surface area contributed by atoms with E-state index in [0.717, 1.165) is 29.0 Å². The molecule has 2 aromatic carbocycles. The average molecular weight is 419 g/mol. The molecule has 1 aliphatic rings. The lowest BCUT2D eigenvalue weighted by atomic mass is 9.98. The lowest BCUT2D eigenvalue weighted by Gasteiger charge is -2.28. The first kappa shape index (κ1) is 20.7. The summed E-state index contributed by atoms with van der Waals surface area (Å²) in [6, 6.07) is 13.6. The molecule has 0 saturated carbocycles. The van der Waals surface area contributed by atoms with Gasteiger partial charge in [-0.05, 0) is 54.7 Å². The minimum Gasteiger partial charge on any atom is -0.496 e. The average Bonchev–Trinajstić information content (AvgIpc) is 3.22. The van der Waals surface area contributed by atoms with Crippen LogP contribution in [-0.2, 0) is 24.2 Å². The number of carbonyl (C=O) groups excluding carboxylic acids is 2. The van der Waals surface area contributed by atoms with Crippen LogP contribution in [0.5, 0.6) is 5.75 Å². The molecule has 0 aliphatic carbocycles. The van der Waals surface area contributed by atoms with Crippen molar-refractivity contribution < 1.29 is 18.7 Å². The van der Waals surface area contributed by atoms with E-state index in [-0.39, 0.29) is 17.6 Å². The highest BCUT2D eigenvalue weighted by molar-refractivity contribution is 5.93. The third-order valence-corrected chi connectivity index (χ3v) is 5.54. The number of oxazole rings is 1. The molecule has 0 atom stereocenters. The van der Waals surface area contributed by atoms with E-state index >= 15 is 0 Å². The Balaban J connectivity index is 1.39. The Morgan fingerprint density at radius 1 is 1.19 bits per heavy atom. The molecule has 4 rings (SSSR count). The lowest BCUT2D eigenvalue weighted by Crippen LogP contribution is -2.36. The van der Waals surface area contributed by atoms with Crippen LogP contribution in [0, 0.1) is 6.92 Å². The largest absolute Gasteiger partial charge is 0.496 e. The minimum absolute atomic E-state index is 0.0631. The van der Waals surface area contributed by atoms with Crippen molar-refractivity contribution in [1.29, 1.82) is 0 Å². The van der Waals surface area contributed by atoms with Crippen LogP contribution < -0.4 is 10.1 Å². The molecule has 0 radical (unpaired) electrons. The van der Waals surface area contributed by atoms with Crippen molar-refractivity contribution >= 4 is 17.5 Å². The summed E-state index contributed by atoms with van der Waals surface area (Å²) in [5.74, 6) is 0.846. The van der Waals surface area contributed by atoms with Gasteiger partial charge in [0.15, 0.2) is 6.39 Å². The number of anilines is 1. The number of ether oxygens (including phenoxy) is 1.